The Hall–Kier alpha value is -3.96. The second kappa shape index (κ2) is 13.0. The summed E-state index contributed by atoms with van der Waals surface area (Å²) in [6, 6.07) is 15.7. The predicted molar refractivity (Wildman–Crippen MR) is 145 cm³/mol. The number of halogens is 1. The fourth-order valence-electron chi connectivity index (χ4n) is 3.42. The van der Waals surface area contributed by atoms with E-state index in [2.05, 4.69) is 10.5 Å². The van der Waals surface area contributed by atoms with E-state index in [-0.39, 0.29) is 27.1 Å². The molecule has 0 aromatic heterocycles. The van der Waals surface area contributed by atoms with Gasteiger partial charge in [0.1, 0.15) is 18.0 Å². The fourth-order valence-corrected chi connectivity index (χ4v) is 5.03. The van der Waals surface area contributed by atoms with Crippen molar-refractivity contribution >= 4 is 39.4 Å². The number of amides is 1. The maximum atomic E-state index is 13.8. The van der Waals surface area contributed by atoms with Crippen LogP contribution in [0.3, 0.4) is 0 Å². The lowest BCUT2D eigenvalue weighted by atomic mass is 10.2. The van der Waals surface area contributed by atoms with Crippen LogP contribution in [0, 0.1) is 0 Å². The molecule has 3 aromatic rings. The van der Waals surface area contributed by atoms with E-state index in [1.807, 2.05) is 6.92 Å². The minimum absolute atomic E-state index is 0.0698. The number of carbonyl (C=O) groups is 1. The van der Waals surface area contributed by atoms with Gasteiger partial charge in [-0.05, 0) is 67.1 Å². The lowest BCUT2D eigenvalue weighted by Crippen LogP contribution is -2.39. The average Bonchev–Trinajstić information content (AvgIpc) is 2.92. The molecule has 12 heteroatoms. The minimum atomic E-state index is -4.31. The number of hydrogen-bond donors (Lipinski definition) is 1. The summed E-state index contributed by atoms with van der Waals surface area (Å²) < 4.78 is 49.7. The van der Waals surface area contributed by atoms with Crippen LogP contribution in [0.2, 0.25) is 5.02 Å². The topological polar surface area (TPSA) is 116 Å². The number of benzene rings is 3. The summed E-state index contributed by atoms with van der Waals surface area (Å²) >= 11 is 6.17. The zero-order valence-corrected chi connectivity index (χ0v) is 22.9. The zero-order chi connectivity index (χ0) is 27.7. The van der Waals surface area contributed by atoms with Crippen molar-refractivity contribution in [1.29, 1.82) is 0 Å². The van der Waals surface area contributed by atoms with Crippen molar-refractivity contribution in [3.63, 3.8) is 0 Å². The Bertz CT molecular complexity index is 1400. The first kappa shape index (κ1) is 28.6. The molecule has 0 fully saturated rings. The lowest BCUT2D eigenvalue weighted by molar-refractivity contribution is -0.119. The van der Waals surface area contributed by atoms with Crippen molar-refractivity contribution in [1.82, 2.24) is 5.43 Å². The summed E-state index contributed by atoms with van der Waals surface area (Å²) in [6.45, 7) is 1.82. The van der Waals surface area contributed by atoms with Crippen molar-refractivity contribution < 1.29 is 32.2 Å². The Labute approximate surface area is 226 Å². The molecule has 1 amide bonds. The molecular weight excluding hydrogens is 534 g/mol. The Morgan fingerprint density at radius 2 is 1.61 bits per heavy atom. The van der Waals surface area contributed by atoms with Crippen molar-refractivity contribution in [3.05, 3.63) is 71.2 Å². The van der Waals surface area contributed by atoms with Crippen LogP contribution in [-0.4, -0.2) is 55.0 Å². The number of nitrogens with one attached hydrogen (secondary N) is 1. The molecule has 0 spiro atoms. The average molecular weight is 562 g/mol. The molecule has 0 saturated heterocycles. The number of ether oxygens (including phenoxy) is 4. The van der Waals surface area contributed by atoms with Gasteiger partial charge in [-0.2, -0.15) is 5.10 Å². The number of hydrazone groups is 1. The summed E-state index contributed by atoms with van der Waals surface area (Å²) in [7, 11) is -0.0984. The van der Waals surface area contributed by atoms with Crippen molar-refractivity contribution in [3.8, 4) is 23.0 Å². The summed E-state index contributed by atoms with van der Waals surface area (Å²) in [5.74, 6) is 0.762. The van der Waals surface area contributed by atoms with Gasteiger partial charge < -0.3 is 18.9 Å². The highest BCUT2D eigenvalue weighted by Gasteiger charge is 2.30. The standard InChI is InChI=1S/C26H28ClN3O7S/c1-5-37-20-9-6-18(7-10-20)16-28-29-26(31)17-30(22-14-19(27)8-12-23(22)34-2)38(32,33)21-11-13-24(35-3)25(15-21)36-4/h6-16H,5,17H2,1-4H3,(H,29,31). The van der Waals surface area contributed by atoms with Crippen LogP contribution in [0.1, 0.15) is 12.5 Å². The zero-order valence-electron chi connectivity index (χ0n) is 21.3. The van der Waals surface area contributed by atoms with Gasteiger partial charge in [0, 0.05) is 11.1 Å². The molecule has 0 aliphatic carbocycles. The molecule has 202 valence electrons. The van der Waals surface area contributed by atoms with E-state index in [4.69, 9.17) is 30.5 Å². The largest absolute Gasteiger partial charge is 0.495 e. The third kappa shape index (κ3) is 6.87. The molecule has 0 saturated carbocycles. The molecule has 0 heterocycles. The molecular formula is C26H28ClN3O7S. The number of sulfonamides is 1. The van der Waals surface area contributed by atoms with Crippen LogP contribution in [-0.2, 0) is 14.8 Å². The van der Waals surface area contributed by atoms with Gasteiger partial charge in [-0.3, -0.25) is 9.10 Å². The van der Waals surface area contributed by atoms with E-state index in [0.29, 0.717) is 23.7 Å². The normalized spacial score (nSPS) is 11.2. The second-order valence-electron chi connectivity index (χ2n) is 7.64. The molecule has 3 rings (SSSR count). The van der Waals surface area contributed by atoms with E-state index in [0.717, 1.165) is 4.31 Å². The predicted octanol–water partition coefficient (Wildman–Crippen LogP) is 4.11. The van der Waals surface area contributed by atoms with Crippen LogP contribution in [0.15, 0.2) is 70.7 Å². The number of hydrogen-bond acceptors (Lipinski definition) is 8. The van der Waals surface area contributed by atoms with Gasteiger partial charge in [0.05, 0.1) is 44.7 Å². The Balaban J connectivity index is 1.92. The van der Waals surface area contributed by atoms with E-state index in [9.17, 15) is 13.2 Å². The molecule has 0 aliphatic heterocycles. The minimum Gasteiger partial charge on any atom is -0.495 e. The van der Waals surface area contributed by atoms with Crippen LogP contribution >= 0.6 is 11.6 Å². The van der Waals surface area contributed by atoms with Crippen LogP contribution in [0.5, 0.6) is 23.0 Å². The maximum Gasteiger partial charge on any atom is 0.265 e. The first-order valence-electron chi connectivity index (χ1n) is 11.4. The van der Waals surface area contributed by atoms with E-state index in [1.54, 1.807) is 30.3 Å². The fraction of sp³-hybridized carbons (Fsp3) is 0.231. The molecule has 0 aliphatic rings. The third-order valence-corrected chi connectivity index (χ3v) is 7.22. The lowest BCUT2D eigenvalue weighted by Gasteiger charge is -2.25. The number of anilines is 1. The summed E-state index contributed by atoms with van der Waals surface area (Å²) in [6.07, 6.45) is 1.43. The smallest absolute Gasteiger partial charge is 0.265 e. The van der Waals surface area contributed by atoms with Gasteiger partial charge in [-0.25, -0.2) is 13.8 Å². The van der Waals surface area contributed by atoms with Crippen molar-refractivity contribution in [2.24, 2.45) is 5.10 Å². The monoisotopic (exact) mass is 561 g/mol. The first-order chi connectivity index (χ1) is 18.2. The molecule has 0 unspecified atom stereocenters. The SMILES string of the molecule is CCOc1ccc(C=NNC(=O)CN(c2cc(Cl)ccc2OC)S(=O)(=O)c2ccc(OC)c(OC)c2)cc1. The highest BCUT2D eigenvalue weighted by Crippen LogP contribution is 2.36. The molecule has 0 radical (unpaired) electrons. The highest BCUT2D eigenvalue weighted by atomic mass is 35.5. The van der Waals surface area contributed by atoms with Crippen LogP contribution in [0.25, 0.3) is 0 Å². The second-order valence-corrected chi connectivity index (χ2v) is 9.94. The number of nitrogens with zero attached hydrogens (tertiary/aromatic N) is 2. The molecule has 1 N–H and O–H groups in total. The summed E-state index contributed by atoms with van der Waals surface area (Å²) in [5, 5.41) is 4.20. The van der Waals surface area contributed by atoms with Gasteiger partial charge in [0.15, 0.2) is 11.5 Å². The van der Waals surface area contributed by atoms with Gasteiger partial charge in [-0.15, -0.1) is 0 Å². The van der Waals surface area contributed by atoms with Gasteiger partial charge in [0.2, 0.25) is 0 Å². The van der Waals surface area contributed by atoms with Crippen LogP contribution < -0.4 is 28.7 Å². The summed E-state index contributed by atoms with van der Waals surface area (Å²) in [4.78, 5) is 12.7. The molecule has 38 heavy (non-hydrogen) atoms. The highest BCUT2D eigenvalue weighted by molar-refractivity contribution is 7.92. The van der Waals surface area contributed by atoms with Crippen molar-refractivity contribution in [2.45, 2.75) is 11.8 Å². The number of rotatable bonds is 12. The Morgan fingerprint density at radius 3 is 2.24 bits per heavy atom. The summed E-state index contributed by atoms with van der Waals surface area (Å²) in [5.41, 5.74) is 3.14. The van der Waals surface area contributed by atoms with Gasteiger partial charge in [0.25, 0.3) is 15.9 Å². The number of carbonyl (C=O) groups excluding carboxylic acids is 1. The van der Waals surface area contributed by atoms with E-state index < -0.39 is 22.5 Å². The molecule has 3 aromatic carbocycles. The quantitative estimate of drug-likeness (QED) is 0.261. The molecule has 0 bridgehead atoms. The third-order valence-electron chi connectivity index (χ3n) is 5.23. The Kier molecular flexibility index (Phi) is 9.80. The van der Waals surface area contributed by atoms with Gasteiger partial charge >= 0.3 is 0 Å². The number of methoxy groups -OCH3 is 3. The first-order valence-corrected chi connectivity index (χ1v) is 13.2. The Morgan fingerprint density at radius 1 is 0.947 bits per heavy atom. The van der Waals surface area contributed by atoms with E-state index in [1.165, 1.54) is 57.9 Å². The van der Waals surface area contributed by atoms with Gasteiger partial charge in [-0.1, -0.05) is 11.6 Å². The van der Waals surface area contributed by atoms with E-state index >= 15 is 0 Å². The van der Waals surface area contributed by atoms with Crippen LogP contribution in [0.4, 0.5) is 5.69 Å². The maximum absolute atomic E-state index is 13.8. The molecule has 10 nitrogen and oxygen atoms in total. The molecule has 0 atom stereocenters. The van der Waals surface area contributed by atoms with Crippen molar-refractivity contribution in [2.75, 3.05) is 38.8 Å².